The Morgan fingerprint density at radius 1 is 0.306 bits per heavy atom. The predicted molar refractivity (Wildman–Crippen MR) is 397 cm³/mol. The molecular formula is C84H60BClN8O4. The number of aromatic nitrogens is 8. The van der Waals surface area contributed by atoms with Crippen LogP contribution in [0.1, 0.15) is 27.7 Å². The zero-order valence-electron chi connectivity index (χ0n) is 53.9. The molecule has 0 aliphatic carbocycles. The summed E-state index contributed by atoms with van der Waals surface area (Å²) in [5.74, 6) is 2.84. The van der Waals surface area contributed by atoms with Crippen LogP contribution < -0.4 is 5.46 Å². The fourth-order valence-electron chi connectivity index (χ4n) is 13.4. The van der Waals surface area contributed by atoms with Crippen molar-refractivity contribution in [2.75, 3.05) is 0 Å². The number of hydrogen-bond donors (Lipinski definition) is 0. The van der Waals surface area contributed by atoms with Crippen LogP contribution in [0.5, 0.6) is 0 Å². The summed E-state index contributed by atoms with van der Waals surface area (Å²) < 4.78 is 29.2. The van der Waals surface area contributed by atoms with Gasteiger partial charge in [0.2, 0.25) is 17.2 Å². The minimum absolute atomic E-state index is 0.177. The van der Waals surface area contributed by atoms with E-state index in [4.69, 9.17) is 49.7 Å². The third-order valence-corrected chi connectivity index (χ3v) is 19.0. The van der Waals surface area contributed by atoms with E-state index in [0.29, 0.717) is 29.4 Å². The van der Waals surface area contributed by atoms with Crippen LogP contribution in [-0.2, 0) is 9.31 Å². The summed E-state index contributed by atoms with van der Waals surface area (Å²) in [4.78, 5) is 28.5. The van der Waals surface area contributed by atoms with Gasteiger partial charge in [-0.25, -0.2) is 4.98 Å². The maximum absolute atomic E-state index is 6.43. The molecule has 19 rings (SSSR count). The maximum atomic E-state index is 6.43. The molecule has 0 N–H and O–H groups in total. The molecule has 0 saturated carbocycles. The van der Waals surface area contributed by atoms with Gasteiger partial charge in [0, 0.05) is 59.8 Å². The third-order valence-electron chi connectivity index (χ3n) is 18.8. The van der Waals surface area contributed by atoms with Gasteiger partial charge in [-0.05, 0) is 122 Å². The molecule has 1 aliphatic rings. The van der Waals surface area contributed by atoms with Gasteiger partial charge in [-0.2, -0.15) is 24.9 Å². The fourth-order valence-corrected chi connectivity index (χ4v) is 13.5. The molecule has 1 saturated heterocycles. The zero-order valence-corrected chi connectivity index (χ0v) is 54.6. The number of fused-ring (bicyclic) bond motifs is 12. The largest absolute Gasteiger partial charge is 0.494 e. The van der Waals surface area contributed by atoms with Crippen LogP contribution in [0, 0.1) is 0 Å². The topological polar surface area (TPSA) is 132 Å². The zero-order chi connectivity index (χ0) is 66.1. The quantitative estimate of drug-likeness (QED) is 0.135. The highest BCUT2D eigenvalue weighted by Crippen LogP contribution is 2.42. The van der Waals surface area contributed by atoms with Crippen molar-refractivity contribution < 1.29 is 18.1 Å². The molecule has 1 aliphatic heterocycles. The van der Waals surface area contributed by atoms with E-state index in [1.807, 2.05) is 138 Å². The molecule has 12 nitrogen and oxygen atoms in total. The summed E-state index contributed by atoms with van der Waals surface area (Å²) in [6, 6.07) is 98.8. The smallest absolute Gasteiger partial charge is 0.456 e. The van der Waals surface area contributed by atoms with Gasteiger partial charge in [0.05, 0.1) is 33.3 Å². The minimum Gasteiger partial charge on any atom is -0.456 e. The summed E-state index contributed by atoms with van der Waals surface area (Å²) in [5, 5.41) is 9.21. The van der Waals surface area contributed by atoms with Crippen LogP contribution in [0.4, 0.5) is 0 Å². The highest BCUT2D eigenvalue weighted by Gasteiger charge is 2.52. The van der Waals surface area contributed by atoms with Gasteiger partial charge in [-0.1, -0.05) is 237 Å². The van der Waals surface area contributed by atoms with Crippen LogP contribution in [0.25, 0.3) is 156 Å². The molecule has 0 atom stereocenters. The van der Waals surface area contributed by atoms with Crippen LogP contribution in [0.2, 0.25) is 5.28 Å². The summed E-state index contributed by atoms with van der Waals surface area (Å²) in [7, 11) is -0.392. The van der Waals surface area contributed by atoms with E-state index in [0.717, 1.165) is 121 Å². The van der Waals surface area contributed by atoms with Crippen molar-refractivity contribution in [2.24, 2.45) is 0 Å². The lowest BCUT2D eigenvalue weighted by Gasteiger charge is -2.32. The first kappa shape index (κ1) is 59.8. The lowest BCUT2D eigenvalue weighted by molar-refractivity contribution is 0.00578. The van der Waals surface area contributed by atoms with Gasteiger partial charge in [0.15, 0.2) is 17.5 Å². The molecule has 0 unspecified atom stereocenters. The number of nitrogens with zero attached hydrogens (tertiary/aromatic N) is 8. The molecule has 0 bridgehead atoms. The second kappa shape index (κ2) is 24.4. The molecule has 0 radical (unpaired) electrons. The summed E-state index contributed by atoms with van der Waals surface area (Å²) in [6.45, 7) is 8.27. The number of benzene rings is 12. The van der Waals surface area contributed by atoms with E-state index >= 15 is 0 Å². The van der Waals surface area contributed by atoms with Gasteiger partial charge in [0.25, 0.3) is 0 Å². The normalized spacial score (nSPS) is 13.4. The van der Waals surface area contributed by atoms with E-state index in [-0.39, 0.29) is 16.5 Å². The number of furan rings is 2. The average molecular weight is 1290 g/mol. The number of hydrogen-bond acceptors (Lipinski definition) is 10. The van der Waals surface area contributed by atoms with E-state index < -0.39 is 7.12 Å². The second-order valence-electron chi connectivity index (χ2n) is 25.3. The Morgan fingerprint density at radius 3 is 1.12 bits per heavy atom. The highest BCUT2D eigenvalue weighted by molar-refractivity contribution is 6.62. The lowest BCUT2D eigenvalue weighted by Crippen LogP contribution is -2.41. The molecule has 470 valence electrons. The first-order valence-corrected chi connectivity index (χ1v) is 33.0. The maximum Gasteiger partial charge on any atom is 0.494 e. The first-order chi connectivity index (χ1) is 48.0. The predicted octanol–water partition coefficient (Wildman–Crippen LogP) is 20.7. The summed E-state index contributed by atoms with van der Waals surface area (Å²) >= 11 is 6.24. The second-order valence-corrected chi connectivity index (χ2v) is 25.7. The van der Waals surface area contributed by atoms with Gasteiger partial charge in [-0.15, -0.1) is 0 Å². The Labute approximate surface area is 569 Å². The van der Waals surface area contributed by atoms with E-state index in [1.54, 1.807) is 0 Å². The van der Waals surface area contributed by atoms with Crippen molar-refractivity contribution in [2.45, 2.75) is 38.9 Å². The number of halogens is 1. The van der Waals surface area contributed by atoms with E-state index in [1.165, 1.54) is 11.1 Å². The van der Waals surface area contributed by atoms with Crippen molar-refractivity contribution in [3.8, 4) is 68.3 Å². The van der Waals surface area contributed by atoms with Crippen LogP contribution in [-0.4, -0.2) is 57.4 Å². The van der Waals surface area contributed by atoms with Crippen LogP contribution in [0.15, 0.2) is 300 Å². The molecular weight excluding hydrogens is 1230 g/mol. The molecule has 12 aromatic carbocycles. The fraction of sp³-hybridized carbons (Fsp3) is 0.0714. The molecule has 0 amide bonds. The Balaban J connectivity index is 0.000000116. The molecule has 98 heavy (non-hydrogen) atoms. The summed E-state index contributed by atoms with van der Waals surface area (Å²) in [6.07, 6.45) is 0. The van der Waals surface area contributed by atoms with Gasteiger partial charge in [0.1, 0.15) is 22.3 Å². The standard InChI is InChI=1S/C39H24N4O.C24H23BO3.C21H13ClN4/c1-3-12-25(13-4-1)28-18-11-21-34-36(28)31-23-22-27(24-35(31)44-34)38-40-37(26-14-5-2-6-15-26)41-39(42-38)43-32-19-9-7-16-29(32)30-17-8-10-20-33(30)43;1-23(2)24(3,4)28-25(27-23)17-13-14-19-21(15-17)26-20-12-8-11-18(22(19)20)16-9-6-5-7-10-16;22-20-23-19(14-8-2-1-3-9-14)24-21(25-20)26-17-12-6-4-10-15(17)16-11-5-7-13-18(16)26/h1-24H;5-15H,1-4H3;1-13H. The van der Waals surface area contributed by atoms with Crippen LogP contribution in [0.3, 0.4) is 0 Å². The number of rotatable bonds is 8. The molecule has 14 heteroatoms. The highest BCUT2D eigenvalue weighted by atomic mass is 35.5. The third kappa shape index (κ3) is 10.7. The van der Waals surface area contributed by atoms with Gasteiger partial charge in [-0.3, -0.25) is 9.13 Å². The molecule has 0 spiro atoms. The average Bonchev–Trinajstić information content (AvgIpc) is 1.64. The van der Waals surface area contributed by atoms with Gasteiger partial charge < -0.3 is 18.1 Å². The Bertz CT molecular complexity index is 5930. The Kier molecular flexibility index (Phi) is 14.9. The first-order valence-electron chi connectivity index (χ1n) is 32.6. The SMILES string of the molecule is CC1(C)OB(c2ccc3c(c2)oc2cccc(-c4ccccc4)c23)OC1(C)C.Clc1nc(-c2ccccc2)nc(-n2c3ccccc3c3ccccc32)n1.c1ccc(-c2nc(-c3ccc4c(c3)oc3cccc(-c5ccccc5)c34)nc(-n3c4ccccc4c4ccccc43)n2)cc1. The van der Waals surface area contributed by atoms with Crippen molar-refractivity contribution >= 4 is 112 Å². The Hall–Kier alpha value is -11.9. The monoisotopic (exact) mass is 1290 g/mol. The minimum atomic E-state index is -0.392. The Morgan fingerprint density at radius 2 is 0.673 bits per heavy atom. The number of para-hydroxylation sites is 4. The van der Waals surface area contributed by atoms with Crippen LogP contribution >= 0.6 is 11.6 Å². The summed E-state index contributed by atoms with van der Waals surface area (Å²) in [5.41, 5.74) is 15.2. The van der Waals surface area contributed by atoms with Crippen molar-refractivity contribution in [1.82, 2.24) is 39.0 Å². The molecule has 7 heterocycles. The lowest BCUT2D eigenvalue weighted by atomic mass is 9.79. The van der Waals surface area contributed by atoms with Gasteiger partial charge >= 0.3 is 7.12 Å². The molecule has 18 aromatic rings. The molecule has 1 fully saturated rings. The van der Waals surface area contributed by atoms with E-state index in [9.17, 15) is 0 Å². The van der Waals surface area contributed by atoms with Crippen molar-refractivity contribution in [1.29, 1.82) is 0 Å². The van der Waals surface area contributed by atoms with Crippen molar-refractivity contribution in [3.05, 3.63) is 296 Å². The van der Waals surface area contributed by atoms with E-state index in [2.05, 4.69) is 200 Å². The van der Waals surface area contributed by atoms with Crippen molar-refractivity contribution in [3.63, 3.8) is 0 Å². The molecule has 6 aromatic heterocycles.